The lowest BCUT2D eigenvalue weighted by molar-refractivity contribution is 0.415. The Bertz CT molecular complexity index is 764. The molecule has 22 heavy (non-hydrogen) atoms. The van der Waals surface area contributed by atoms with Crippen LogP contribution in [-0.4, -0.2) is 24.2 Å². The lowest BCUT2D eigenvalue weighted by atomic mass is 10.2. The summed E-state index contributed by atoms with van der Waals surface area (Å²) in [7, 11) is 1.64. The number of halogens is 1. The van der Waals surface area contributed by atoms with Crippen LogP contribution in [0, 0.1) is 0 Å². The number of nitrogens with zero attached hydrogens (tertiary/aromatic N) is 3. The summed E-state index contributed by atoms with van der Waals surface area (Å²) in [4.78, 5) is 13.4. The highest BCUT2D eigenvalue weighted by atomic mass is 35.5. The minimum absolute atomic E-state index is 0.468. The van der Waals surface area contributed by atoms with Gasteiger partial charge in [-0.3, -0.25) is 4.99 Å². The molecule has 0 unspecified atom stereocenters. The number of methoxy groups -OCH3 is 1. The molecule has 0 N–H and O–H groups in total. The summed E-state index contributed by atoms with van der Waals surface area (Å²) in [5, 5.41) is 0.505. The van der Waals surface area contributed by atoms with Gasteiger partial charge in [0.05, 0.1) is 29.9 Å². The Kier molecular flexibility index (Phi) is 4.30. The van der Waals surface area contributed by atoms with Crippen molar-refractivity contribution >= 4 is 45.8 Å². The quantitative estimate of drug-likeness (QED) is 0.748. The molecule has 1 aliphatic heterocycles. The van der Waals surface area contributed by atoms with Gasteiger partial charge in [0.2, 0.25) is 0 Å². The molecule has 2 aromatic carbocycles. The van der Waals surface area contributed by atoms with E-state index in [1.807, 2.05) is 48.5 Å². The molecule has 0 saturated carbocycles. The first-order valence-corrected chi connectivity index (χ1v) is 7.20. The zero-order chi connectivity index (χ0) is 15.4. The summed E-state index contributed by atoms with van der Waals surface area (Å²) in [6, 6.07) is 15.1. The van der Waals surface area contributed by atoms with Crippen molar-refractivity contribution < 1.29 is 4.74 Å². The van der Waals surface area contributed by atoms with Crippen LogP contribution in [0.5, 0.6) is 5.75 Å². The Hall–Kier alpha value is -2.46. The van der Waals surface area contributed by atoms with Crippen molar-refractivity contribution in [2.45, 2.75) is 6.42 Å². The first-order chi connectivity index (χ1) is 10.7. The van der Waals surface area contributed by atoms with Gasteiger partial charge < -0.3 is 4.74 Å². The molecule has 5 heteroatoms. The van der Waals surface area contributed by atoms with E-state index >= 15 is 0 Å². The second kappa shape index (κ2) is 6.54. The van der Waals surface area contributed by atoms with Crippen molar-refractivity contribution in [3.05, 3.63) is 48.5 Å². The molecule has 4 nitrogen and oxygen atoms in total. The van der Waals surface area contributed by atoms with Crippen LogP contribution in [0.15, 0.2) is 63.5 Å². The van der Waals surface area contributed by atoms with Crippen LogP contribution in [0.2, 0.25) is 0 Å². The molecular weight excluding hydrogens is 298 g/mol. The number of aliphatic imine (C=N–C) groups is 3. The normalized spacial score (nSPS) is 14.1. The zero-order valence-electron chi connectivity index (χ0n) is 12.0. The lowest BCUT2D eigenvalue weighted by Gasteiger charge is -2.00. The predicted octanol–water partition coefficient (Wildman–Crippen LogP) is 4.84. The summed E-state index contributed by atoms with van der Waals surface area (Å²) in [6.45, 7) is 0. The number of benzene rings is 2. The van der Waals surface area contributed by atoms with E-state index < -0.39 is 0 Å². The molecule has 0 aromatic heterocycles. The zero-order valence-corrected chi connectivity index (χ0v) is 12.8. The van der Waals surface area contributed by atoms with E-state index in [2.05, 4.69) is 15.0 Å². The standard InChI is InChI=1S/C17H14ClN3O/c1-22-14-8-6-12(7-9-14)19-11-13-10-17(18)21-16-5-3-2-4-15(16)20-13/h2-9,11H,10H2,1H3. The van der Waals surface area contributed by atoms with Gasteiger partial charge in [-0.05, 0) is 36.4 Å². The van der Waals surface area contributed by atoms with Gasteiger partial charge in [-0.2, -0.15) is 0 Å². The fourth-order valence-corrected chi connectivity index (χ4v) is 2.29. The molecule has 0 atom stereocenters. The third-order valence-corrected chi connectivity index (χ3v) is 3.37. The van der Waals surface area contributed by atoms with Crippen molar-refractivity contribution in [2.24, 2.45) is 15.0 Å². The highest BCUT2D eigenvalue weighted by Crippen LogP contribution is 2.30. The van der Waals surface area contributed by atoms with Gasteiger partial charge in [0.15, 0.2) is 0 Å². The number of hydrogen-bond donors (Lipinski definition) is 0. The van der Waals surface area contributed by atoms with Crippen molar-refractivity contribution in [2.75, 3.05) is 7.11 Å². The molecule has 0 saturated heterocycles. The maximum absolute atomic E-state index is 6.16. The average molecular weight is 312 g/mol. The fraction of sp³-hybridized carbons (Fsp3) is 0.118. The molecule has 3 rings (SSSR count). The molecule has 2 aromatic rings. The Morgan fingerprint density at radius 2 is 1.73 bits per heavy atom. The molecule has 0 bridgehead atoms. The molecular formula is C17H14ClN3O. The number of hydrogen-bond acceptors (Lipinski definition) is 4. The first kappa shape index (κ1) is 14.5. The smallest absolute Gasteiger partial charge is 0.119 e. The van der Waals surface area contributed by atoms with Gasteiger partial charge in [-0.15, -0.1) is 0 Å². The second-order valence-electron chi connectivity index (χ2n) is 4.71. The topological polar surface area (TPSA) is 46.3 Å². The van der Waals surface area contributed by atoms with E-state index in [0.29, 0.717) is 11.6 Å². The highest BCUT2D eigenvalue weighted by molar-refractivity contribution is 6.68. The predicted molar refractivity (Wildman–Crippen MR) is 92.2 cm³/mol. The van der Waals surface area contributed by atoms with E-state index in [4.69, 9.17) is 16.3 Å². The number of rotatable bonds is 3. The summed E-state index contributed by atoms with van der Waals surface area (Å²) in [5.41, 5.74) is 3.18. The lowest BCUT2D eigenvalue weighted by Crippen LogP contribution is -2.03. The molecule has 0 spiro atoms. The minimum Gasteiger partial charge on any atom is -0.497 e. The maximum atomic E-state index is 6.16. The van der Waals surface area contributed by atoms with Gasteiger partial charge in [0, 0.05) is 12.6 Å². The molecule has 1 heterocycles. The van der Waals surface area contributed by atoms with Crippen molar-refractivity contribution in [1.29, 1.82) is 0 Å². The Labute approximate surface area is 133 Å². The van der Waals surface area contributed by atoms with Gasteiger partial charge in [0.1, 0.15) is 10.9 Å². The molecule has 0 amide bonds. The van der Waals surface area contributed by atoms with Crippen LogP contribution in [0.1, 0.15) is 6.42 Å². The molecule has 110 valence electrons. The van der Waals surface area contributed by atoms with Crippen molar-refractivity contribution in [1.82, 2.24) is 0 Å². The Morgan fingerprint density at radius 1 is 1.05 bits per heavy atom. The Balaban J connectivity index is 1.87. The van der Waals surface area contributed by atoms with Gasteiger partial charge >= 0.3 is 0 Å². The number of ether oxygens (including phenoxy) is 1. The van der Waals surface area contributed by atoms with E-state index in [1.54, 1.807) is 13.3 Å². The van der Waals surface area contributed by atoms with Gasteiger partial charge in [-0.25, -0.2) is 9.98 Å². The summed E-state index contributed by atoms with van der Waals surface area (Å²) >= 11 is 6.16. The summed E-state index contributed by atoms with van der Waals surface area (Å²) in [5.74, 6) is 0.801. The molecule has 1 aliphatic rings. The number of fused-ring (bicyclic) bond motifs is 1. The summed E-state index contributed by atoms with van der Waals surface area (Å²) in [6.07, 6.45) is 2.19. The minimum atomic E-state index is 0.468. The fourth-order valence-electron chi connectivity index (χ4n) is 2.06. The molecule has 0 fully saturated rings. The maximum Gasteiger partial charge on any atom is 0.119 e. The van der Waals surface area contributed by atoms with Crippen LogP contribution in [0.3, 0.4) is 0 Å². The van der Waals surface area contributed by atoms with Crippen LogP contribution < -0.4 is 4.74 Å². The highest BCUT2D eigenvalue weighted by Gasteiger charge is 2.10. The van der Waals surface area contributed by atoms with E-state index in [-0.39, 0.29) is 0 Å². The van der Waals surface area contributed by atoms with Gasteiger partial charge in [0.25, 0.3) is 0 Å². The third-order valence-electron chi connectivity index (χ3n) is 3.15. The molecule has 0 radical (unpaired) electrons. The monoisotopic (exact) mass is 311 g/mol. The van der Waals surface area contributed by atoms with E-state index in [1.165, 1.54) is 0 Å². The Morgan fingerprint density at radius 3 is 2.41 bits per heavy atom. The summed E-state index contributed by atoms with van der Waals surface area (Å²) < 4.78 is 5.12. The average Bonchev–Trinajstić information content (AvgIpc) is 2.71. The van der Waals surface area contributed by atoms with Crippen LogP contribution in [0.4, 0.5) is 17.1 Å². The van der Waals surface area contributed by atoms with E-state index in [9.17, 15) is 0 Å². The van der Waals surface area contributed by atoms with E-state index in [0.717, 1.165) is 28.5 Å². The molecule has 0 aliphatic carbocycles. The van der Waals surface area contributed by atoms with Crippen LogP contribution >= 0.6 is 11.6 Å². The van der Waals surface area contributed by atoms with Gasteiger partial charge in [-0.1, -0.05) is 23.7 Å². The van der Waals surface area contributed by atoms with Crippen molar-refractivity contribution in [3.63, 3.8) is 0 Å². The van der Waals surface area contributed by atoms with Crippen LogP contribution in [-0.2, 0) is 0 Å². The first-order valence-electron chi connectivity index (χ1n) is 6.82. The van der Waals surface area contributed by atoms with Crippen LogP contribution in [0.25, 0.3) is 0 Å². The SMILES string of the molecule is COc1ccc(N=CC2=Nc3ccccc3N=C(Cl)C2)cc1. The third kappa shape index (κ3) is 3.40. The second-order valence-corrected chi connectivity index (χ2v) is 5.15. The number of para-hydroxylation sites is 2. The van der Waals surface area contributed by atoms with Crippen molar-refractivity contribution in [3.8, 4) is 5.75 Å². The largest absolute Gasteiger partial charge is 0.497 e.